The van der Waals surface area contributed by atoms with Gasteiger partial charge in [0.15, 0.2) is 0 Å². The number of aliphatic carboxylic acids is 6. The third-order valence-corrected chi connectivity index (χ3v) is 0.549. The number of carboxylic acids is 6. The van der Waals surface area contributed by atoms with Crippen molar-refractivity contribution in [1.29, 1.82) is 0 Å². The monoisotopic (exact) mass is 438 g/mol. The SMILES string of the molecule is O=C(O)C(=O)O.O=C(O)C(=O)O.O=C(O)C(=O)O.[Fe].[Fe].[Fe]. The van der Waals surface area contributed by atoms with Gasteiger partial charge >= 0.3 is 35.8 Å². The average Bonchev–Trinajstić information content (AvgIpc) is 2.18. The Bertz CT molecular complexity index is 284. The first-order valence-corrected chi connectivity index (χ1v) is 3.32. The second kappa shape index (κ2) is 20.7. The van der Waals surface area contributed by atoms with Crippen molar-refractivity contribution in [3.05, 3.63) is 0 Å². The molecule has 0 aromatic heterocycles. The predicted molar refractivity (Wildman–Crippen MR) is 45.8 cm³/mol. The van der Waals surface area contributed by atoms with E-state index in [0.29, 0.717) is 0 Å². The molecule has 0 aliphatic rings. The van der Waals surface area contributed by atoms with Crippen LogP contribution in [0.5, 0.6) is 0 Å². The van der Waals surface area contributed by atoms with Crippen LogP contribution in [0.4, 0.5) is 0 Å². The molecule has 0 atom stereocenters. The van der Waals surface area contributed by atoms with E-state index < -0.39 is 35.8 Å². The molecule has 0 aliphatic heterocycles. The van der Waals surface area contributed by atoms with Crippen molar-refractivity contribution in [2.45, 2.75) is 0 Å². The van der Waals surface area contributed by atoms with E-state index in [1.54, 1.807) is 0 Å². The third kappa shape index (κ3) is 45.8. The summed E-state index contributed by atoms with van der Waals surface area (Å²) in [6.07, 6.45) is 0. The number of hydrogen-bond donors (Lipinski definition) is 6. The van der Waals surface area contributed by atoms with E-state index in [1.807, 2.05) is 0 Å². The Morgan fingerprint density at radius 2 is 0.381 bits per heavy atom. The predicted octanol–water partition coefficient (Wildman–Crippen LogP) is -2.54. The van der Waals surface area contributed by atoms with E-state index in [0.717, 1.165) is 0 Å². The maximum Gasteiger partial charge on any atom is 0.414 e. The van der Waals surface area contributed by atoms with Gasteiger partial charge in [-0.2, -0.15) is 0 Å². The van der Waals surface area contributed by atoms with Gasteiger partial charge in [0, 0.05) is 51.2 Å². The molecule has 0 aromatic rings. The average molecular weight is 438 g/mol. The number of carbonyl (C=O) groups is 6. The standard InChI is InChI=1S/3C2H2O4.3Fe/c3*3-1(4)2(5)6;;;/h3*(H,3,4)(H,5,6);;;. The molecule has 0 aliphatic carbocycles. The van der Waals surface area contributed by atoms with Gasteiger partial charge in [-0.05, 0) is 0 Å². The maximum atomic E-state index is 9.10. The summed E-state index contributed by atoms with van der Waals surface area (Å²) in [7, 11) is 0. The molecule has 0 unspecified atom stereocenters. The molecule has 0 amide bonds. The van der Waals surface area contributed by atoms with Crippen molar-refractivity contribution in [2.75, 3.05) is 0 Å². The summed E-state index contributed by atoms with van der Waals surface area (Å²) in [6.45, 7) is 0. The van der Waals surface area contributed by atoms with Gasteiger partial charge in [0.05, 0.1) is 0 Å². The molecular weight excluding hydrogens is 432 g/mol. The fourth-order valence-electron chi connectivity index (χ4n) is 0. The molecule has 0 fully saturated rings. The Labute approximate surface area is 146 Å². The van der Waals surface area contributed by atoms with Crippen LogP contribution < -0.4 is 0 Å². The van der Waals surface area contributed by atoms with Gasteiger partial charge in [-0.15, -0.1) is 0 Å². The summed E-state index contributed by atoms with van der Waals surface area (Å²) in [5.41, 5.74) is 0. The second-order valence-corrected chi connectivity index (χ2v) is 1.83. The number of hydrogen-bond acceptors (Lipinski definition) is 6. The molecule has 12 nitrogen and oxygen atoms in total. The molecule has 15 heteroatoms. The Kier molecular flexibility index (Phi) is 36.0. The van der Waals surface area contributed by atoms with E-state index >= 15 is 0 Å². The van der Waals surface area contributed by atoms with Crippen LogP contribution in [-0.2, 0) is 80.0 Å². The van der Waals surface area contributed by atoms with Crippen molar-refractivity contribution in [3.8, 4) is 0 Å². The van der Waals surface area contributed by atoms with Crippen LogP contribution in [0.15, 0.2) is 0 Å². The van der Waals surface area contributed by atoms with E-state index in [4.69, 9.17) is 59.4 Å². The minimum Gasteiger partial charge on any atom is -0.473 e. The summed E-state index contributed by atoms with van der Waals surface area (Å²) in [5, 5.41) is 44.3. The van der Waals surface area contributed by atoms with Crippen molar-refractivity contribution in [2.24, 2.45) is 0 Å². The minimum atomic E-state index is -1.82. The van der Waals surface area contributed by atoms with Crippen LogP contribution in [0.1, 0.15) is 0 Å². The molecular formula is C6H6Fe3O12. The number of carboxylic acid groups (broad SMARTS) is 6. The molecule has 0 saturated heterocycles. The Morgan fingerprint density at radius 1 is 0.333 bits per heavy atom. The summed E-state index contributed by atoms with van der Waals surface area (Å²) in [5.74, 6) is -10.9. The molecule has 126 valence electrons. The fourth-order valence-corrected chi connectivity index (χ4v) is 0. The first-order chi connectivity index (χ1) is 7.93. The normalized spacial score (nSPS) is 6.29. The van der Waals surface area contributed by atoms with Crippen LogP contribution in [-0.4, -0.2) is 66.5 Å². The van der Waals surface area contributed by atoms with E-state index in [2.05, 4.69) is 0 Å². The first-order valence-electron chi connectivity index (χ1n) is 3.32. The van der Waals surface area contributed by atoms with Gasteiger partial charge in [0.1, 0.15) is 0 Å². The molecule has 0 bridgehead atoms. The van der Waals surface area contributed by atoms with Gasteiger partial charge in [0.2, 0.25) is 0 Å². The second-order valence-electron chi connectivity index (χ2n) is 1.83. The molecule has 0 saturated carbocycles. The van der Waals surface area contributed by atoms with Crippen LogP contribution >= 0.6 is 0 Å². The van der Waals surface area contributed by atoms with Crippen molar-refractivity contribution >= 4 is 35.8 Å². The molecule has 21 heavy (non-hydrogen) atoms. The van der Waals surface area contributed by atoms with Crippen molar-refractivity contribution in [1.82, 2.24) is 0 Å². The van der Waals surface area contributed by atoms with Crippen molar-refractivity contribution in [3.63, 3.8) is 0 Å². The first kappa shape index (κ1) is 36.6. The summed E-state index contributed by atoms with van der Waals surface area (Å²) in [6, 6.07) is 0. The molecule has 0 rings (SSSR count). The topological polar surface area (TPSA) is 224 Å². The Morgan fingerprint density at radius 3 is 0.381 bits per heavy atom. The van der Waals surface area contributed by atoms with Crippen LogP contribution in [0.3, 0.4) is 0 Å². The molecule has 6 N–H and O–H groups in total. The maximum absolute atomic E-state index is 9.10. The molecule has 0 spiro atoms. The zero-order valence-corrected chi connectivity index (χ0v) is 12.5. The summed E-state index contributed by atoms with van der Waals surface area (Å²) < 4.78 is 0. The van der Waals surface area contributed by atoms with Crippen LogP contribution in [0, 0.1) is 0 Å². The van der Waals surface area contributed by atoms with Crippen molar-refractivity contribution < 1.29 is 111 Å². The quantitative estimate of drug-likeness (QED) is 0.170. The van der Waals surface area contributed by atoms with E-state index in [1.165, 1.54) is 0 Å². The zero-order chi connectivity index (χ0) is 15.5. The van der Waals surface area contributed by atoms with Gasteiger partial charge in [-0.1, -0.05) is 0 Å². The summed E-state index contributed by atoms with van der Waals surface area (Å²) >= 11 is 0. The van der Waals surface area contributed by atoms with E-state index in [-0.39, 0.29) is 51.2 Å². The largest absolute Gasteiger partial charge is 0.473 e. The van der Waals surface area contributed by atoms with E-state index in [9.17, 15) is 0 Å². The van der Waals surface area contributed by atoms with Crippen LogP contribution in [0.25, 0.3) is 0 Å². The smallest absolute Gasteiger partial charge is 0.414 e. The molecule has 0 radical (unpaired) electrons. The van der Waals surface area contributed by atoms with Gasteiger partial charge in [-0.25, -0.2) is 28.8 Å². The third-order valence-electron chi connectivity index (χ3n) is 0.549. The fraction of sp³-hybridized carbons (Fsp3) is 0. The van der Waals surface area contributed by atoms with Gasteiger partial charge in [0.25, 0.3) is 0 Å². The molecule has 0 aromatic carbocycles. The Hall–Kier alpha value is -1.62. The van der Waals surface area contributed by atoms with Gasteiger partial charge < -0.3 is 30.6 Å². The minimum absolute atomic E-state index is 0. The van der Waals surface area contributed by atoms with Crippen LogP contribution in [0.2, 0.25) is 0 Å². The summed E-state index contributed by atoms with van der Waals surface area (Å²) in [4.78, 5) is 54.6. The van der Waals surface area contributed by atoms with Gasteiger partial charge in [-0.3, -0.25) is 0 Å². The zero-order valence-electron chi connectivity index (χ0n) is 9.19. The number of rotatable bonds is 0. The Balaban J connectivity index is -0.0000000375. The molecule has 0 heterocycles.